The molecule has 1 N–H and O–H groups in total. The third-order valence-corrected chi connectivity index (χ3v) is 5.71. The van der Waals surface area contributed by atoms with Gasteiger partial charge in [-0.2, -0.15) is 4.31 Å². The number of piperazine rings is 1. The van der Waals surface area contributed by atoms with Crippen molar-refractivity contribution in [3.05, 3.63) is 29.3 Å². The van der Waals surface area contributed by atoms with E-state index >= 15 is 0 Å². The summed E-state index contributed by atoms with van der Waals surface area (Å²) in [6.07, 6.45) is 0.630. The second-order valence-corrected chi connectivity index (χ2v) is 7.26. The lowest BCUT2D eigenvalue weighted by atomic mass is 10.2. The summed E-state index contributed by atoms with van der Waals surface area (Å²) >= 11 is 0. The number of aryl methyl sites for hydroxylation is 1. The summed E-state index contributed by atoms with van der Waals surface area (Å²) in [5.41, 5.74) is 0.0743. The largest absolute Gasteiger partial charge is 0.396 e. The fraction of sp³-hybridized carbons (Fsp3) is 0.571. The first-order chi connectivity index (χ1) is 10.4. The Bertz CT molecular complexity index is 629. The quantitative estimate of drug-likeness (QED) is 0.871. The van der Waals surface area contributed by atoms with E-state index < -0.39 is 26.6 Å². The highest BCUT2D eigenvalue weighted by Crippen LogP contribution is 2.23. The van der Waals surface area contributed by atoms with E-state index in [4.69, 9.17) is 5.11 Å². The van der Waals surface area contributed by atoms with Gasteiger partial charge in [0.15, 0.2) is 0 Å². The Morgan fingerprint density at radius 3 is 2.36 bits per heavy atom. The van der Waals surface area contributed by atoms with E-state index in [1.807, 2.05) is 4.90 Å². The van der Waals surface area contributed by atoms with Crippen molar-refractivity contribution in [2.45, 2.75) is 18.2 Å². The highest BCUT2D eigenvalue weighted by Gasteiger charge is 2.31. The molecule has 2 rings (SSSR count). The zero-order valence-electron chi connectivity index (χ0n) is 12.4. The number of rotatable bonds is 5. The van der Waals surface area contributed by atoms with Crippen LogP contribution in [0.5, 0.6) is 0 Å². The molecule has 0 atom stereocenters. The van der Waals surface area contributed by atoms with Crippen molar-refractivity contribution < 1.29 is 22.3 Å². The van der Waals surface area contributed by atoms with Crippen LogP contribution in [0.2, 0.25) is 0 Å². The number of hydrogen-bond donors (Lipinski definition) is 1. The molecule has 5 nitrogen and oxygen atoms in total. The lowest BCUT2D eigenvalue weighted by molar-refractivity contribution is 0.170. The summed E-state index contributed by atoms with van der Waals surface area (Å²) in [6, 6.07) is 1.65. The van der Waals surface area contributed by atoms with Crippen LogP contribution in [0, 0.1) is 18.6 Å². The SMILES string of the molecule is Cc1cc(F)c(S(=O)(=O)N2CCN(CCCO)CC2)cc1F. The average molecular weight is 334 g/mol. The van der Waals surface area contributed by atoms with Gasteiger partial charge in [-0.1, -0.05) is 0 Å². The van der Waals surface area contributed by atoms with Crippen molar-refractivity contribution in [1.82, 2.24) is 9.21 Å². The topological polar surface area (TPSA) is 60.9 Å². The molecule has 0 amide bonds. The van der Waals surface area contributed by atoms with Gasteiger partial charge >= 0.3 is 0 Å². The summed E-state index contributed by atoms with van der Waals surface area (Å²) in [6.45, 7) is 3.63. The van der Waals surface area contributed by atoms with Gasteiger partial charge in [-0.15, -0.1) is 0 Å². The number of halogens is 2. The predicted molar refractivity (Wildman–Crippen MR) is 78.0 cm³/mol. The van der Waals surface area contributed by atoms with Gasteiger partial charge < -0.3 is 10.0 Å². The van der Waals surface area contributed by atoms with E-state index in [-0.39, 0.29) is 25.3 Å². The molecule has 0 radical (unpaired) electrons. The summed E-state index contributed by atoms with van der Waals surface area (Å²) in [4.78, 5) is 1.42. The molecule has 0 spiro atoms. The molecule has 124 valence electrons. The van der Waals surface area contributed by atoms with E-state index in [1.165, 1.54) is 11.2 Å². The smallest absolute Gasteiger partial charge is 0.246 e. The predicted octanol–water partition coefficient (Wildman–Crippen LogP) is 0.962. The average Bonchev–Trinajstić information content (AvgIpc) is 2.49. The maximum absolute atomic E-state index is 13.9. The standard InChI is InChI=1S/C14H20F2N2O3S/c1-11-9-13(16)14(10-12(11)15)22(20,21)18-6-4-17(5-7-18)3-2-8-19/h9-10,19H,2-8H2,1H3. The minimum absolute atomic E-state index is 0.0743. The van der Waals surface area contributed by atoms with E-state index in [1.54, 1.807) is 0 Å². The van der Waals surface area contributed by atoms with E-state index in [2.05, 4.69) is 0 Å². The molecular formula is C14H20F2N2O3S. The molecule has 1 fully saturated rings. The maximum atomic E-state index is 13.9. The van der Waals surface area contributed by atoms with Crippen LogP contribution in [0.4, 0.5) is 8.78 Å². The number of hydrogen-bond acceptors (Lipinski definition) is 4. The van der Waals surface area contributed by atoms with Crippen LogP contribution < -0.4 is 0 Å². The Hall–Kier alpha value is -1.09. The molecular weight excluding hydrogens is 314 g/mol. The Labute approximate surface area is 129 Å². The third-order valence-electron chi connectivity index (χ3n) is 3.79. The molecule has 0 unspecified atom stereocenters. The monoisotopic (exact) mass is 334 g/mol. The van der Waals surface area contributed by atoms with Gasteiger partial charge in [0.1, 0.15) is 16.5 Å². The van der Waals surface area contributed by atoms with Crippen molar-refractivity contribution in [2.24, 2.45) is 0 Å². The van der Waals surface area contributed by atoms with E-state index in [9.17, 15) is 17.2 Å². The Kier molecular flexibility index (Phi) is 5.49. The number of nitrogens with zero attached hydrogens (tertiary/aromatic N) is 2. The molecule has 1 aromatic rings. The molecule has 0 aromatic heterocycles. The van der Waals surface area contributed by atoms with Crippen molar-refractivity contribution in [2.75, 3.05) is 39.3 Å². The van der Waals surface area contributed by atoms with Gasteiger partial charge in [0, 0.05) is 39.3 Å². The van der Waals surface area contributed by atoms with Gasteiger partial charge in [-0.25, -0.2) is 17.2 Å². The van der Waals surface area contributed by atoms with Crippen LogP contribution in [0.15, 0.2) is 17.0 Å². The lowest BCUT2D eigenvalue weighted by Gasteiger charge is -2.33. The number of sulfonamides is 1. The summed E-state index contributed by atoms with van der Waals surface area (Å²) in [5.74, 6) is -1.66. The molecule has 1 aliphatic heterocycles. The Morgan fingerprint density at radius 1 is 1.14 bits per heavy atom. The second-order valence-electron chi connectivity index (χ2n) is 5.35. The van der Waals surface area contributed by atoms with Gasteiger partial charge in [0.2, 0.25) is 10.0 Å². The zero-order valence-corrected chi connectivity index (χ0v) is 13.2. The highest BCUT2D eigenvalue weighted by atomic mass is 32.2. The van der Waals surface area contributed by atoms with Crippen molar-refractivity contribution in [3.8, 4) is 0 Å². The third kappa shape index (κ3) is 3.62. The molecule has 0 bridgehead atoms. The Balaban J connectivity index is 2.14. The molecule has 0 aliphatic carbocycles. The van der Waals surface area contributed by atoms with Gasteiger partial charge in [0.25, 0.3) is 0 Å². The van der Waals surface area contributed by atoms with Gasteiger partial charge in [-0.05, 0) is 31.0 Å². The van der Waals surface area contributed by atoms with E-state index in [0.717, 1.165) is 12.1 Å². The minimum atomic E-state index is -4.03. The fourth-order valence-corrected chi connectivity index (χ4v) is 3.93. The molecule has 8 heteroatoms. The maximum Gasteiger partial charge on any atom is 0.246 e. The molecule has 1 heterocycles. The fourth-order valence-electron chi connectivity index (χ4n) is 2.45. The van der Waals surface area contributed by atoms with Crippen LogP contribution in [-0.2, 0) is 10.0 Å². The number of benzene rings is 1. The molecule has 22 heavy (non-hydrogen) atoms. The second kappa shape index (κ2) is 6.99. The van der Waals surface area contributed by atoms with Crippen LogP contribution in [0.25, 0.3) is 0 Å². The van der Waals surface area contributed by atoms with Crippen LogP contribution in [-0.4, -0.2) is 62.1 Å². The number of aliphatic hydroxyl groups excluding tert-OH is 1. The normalized spacial score (nSPS) is 17.8. The van der Waals surface area contributed by atoms with Gasteiger partial charge in [0.05, 0.1) is 0 Å². The van der Waals surface area contributed by atoms with Crippen LogP contribution in [0.1, 0.15) is 12.0 Å². The highest BCUT2D eigenvalue weighted by molar-refractivity contribution is 7.89. The summed E-state index contributed by atoms with van der Waals surface area (Å²) in [5, 5.41) is 8.80. The molecule has 0 saturated carbocycles. The van der Waals surface area contributed by atoms with Crippen LogP contribution >= 0.6 is 0 Å². The van der Waals surface area contributed by atoms with Crippen molar-refractivity contribution in [3.63, 3.8) is 0 Å². The summed E-state index contributed by atoms with van der Waals surface area (Å²) in [7, 11) is -4.03. The van der Waals surface area contributed by atoms with Gasteiger partial charge in [-0.3, -0.25) is 0 Å². The lowest BCUT2D eigenvalue weighted by Crippen LogP contribution is -2.49. The Morgan fingerprint density at radius 2 is 1.77 bits per heavy atom. The molecule has 1 aromatic carbocycles. The zero-order chi connectivity index (χ0) is 16.3. The minimum Gasteiger partial charge on any atom is -0.396 e. The first-order valence-electron chi connectivity index (χ1n) is 7.15. The summed E-state index contributed by atoms with van der Waals surface area (Å²) < 4.78 is 53.6. The van der Waals surface area contributed by atoms with Crippen molar-refractivity contribution >= 4 is 10.0 Å². The number of aliphatic hydroxyl groups is 1. The first-order valence-corrected chi connectivity index (χ1v) is 8.59. The van der Waals surface area contributed by atoms with Crippen LogP contribution in [0.3, 0.4) is 0 Å². The molecule has 1 saturated heterocycles. The first kappa shape index (κ1) is 17.3. The molecule has 1 aliphatic rings. The van der Waals surface area contributed by atoms with Crippen molar-refractivity contribution in [1.29, 1.82) is 0 Å². The van der Waals surface area contributed by atoms with E-state index in [0.29, 0.717) is 26.1 Å².